The predicted octanol–water partition coefficient (Wildman–Crippen LogP) is 5.51. The Hall–Kier alpha value is -1.18. The molecule has 2 N–H and O–H groups in total. The van der Waals surface area contributed by atoms with Crippen LogP contribution < -0.4 is 10.6 Å². The molecule has 0 aliphatic carbocycles. The van der Waals surface area contributed by atoms with Crippen molar-refractivity contribution in [2.24, 2.45) is 0 Å². The van der Waals surface area contributed by atoms with E-state index in [1.807, 2.05) is 0 Å². The van der Waals surface area contributed by atoms with Crippen molar-refractivity contribution < 1.29 is 0 Å². The van der Waals surface area contributed by atoms with Gasteiger partial charge < -0.3 is 10.6 Å². The van der Waals surface area contributed by atoms with E-state index in [1.165, 1.54) is 75.7 Å². The van der Waals surface area contributed by atoms with Gasteiger partial charge in [0.05, 0.1) is 0 Å². The molecule has 1 unspecified atom stereocenters. The van der Waals surface area contributed by atoms with E-state index in [2.05, 4.69) is 43.9 Å². The average Bonchev–Trinajstić information content (AvgIpc) is 2.77. The highest BCUT2D eigenvalue weighted by Crippen LogP contribution is 2.44. The van der Waals surface area contributed by atoms with E-state index >= 15 is 0 Å². The molecule has 0 aromatic heterocycles. The SMILES string of the molecule is CCCCCCCC1(C)CN(CCCC)c2cc(N)ccc21. The van der Waals surface area contributed by atoms with Crippen molar-refractivity contribution in [3.8, 4) is 0 Å². The number of fused-ring (bicyclic) bond motifs is 1. The third-order valence-corrected chi connectivity index (χ3v) is 5.17. The van der Waals surface area contributed by atoms with E-state index in [9.17, 15) is 0 Å². The number of nitrogens with two attached hydrogens (primary N) is 1. The standard InChI is InChI=1S/C20H34N2/c1-4-6-8-9-10-13-20(3)16-22(14-7-5-2)19-15-17(21)11-12-18(19)20/h11-12,15H,4-10,13-14,16,21H2,1-3H3. The van der Waals surface area contributed by atoms with Crippen molar-refractivity contribution in [3.05, 3.63) is 23.8 Å². The predicted molar refractivity (Wildman–Crippen MR) is 98.7 cm³/mol. The van der Waals surface area contributed by atoms with Crippen LogP contribution in [-0.2, 0) is 5.41 Å². The summed E-state index contributed by atoms with van der Waals surface area (Å²) in [6.45, 7) is 9.33. The monoisotopic (exact) mass is 302 g/mol. The van der Waals surface area contributed by atoms with Crippen LogP contribution >= 0.6 is 0 Å². The molecule has 0 saturated carbocycles. The first-order chi connectivity index (χ1) is 10.6. The molecular formula is C20H34N2. The van der Waals surface area contributed by atoms with Crippen molar-refractivity contribution in [1.29, 1.82) is 0 Å². The van der Waals surface area contributed by atoms with E-state index in [-0.39, 0.29) is 0 Å². The number of nitrogen functional groups attached to an aromatic ring is 1. The molecule has 0 radical (unpaired) electrons. The van der Waals surface area contributed by atoms with Crippen molar-refractivity contribution in [1.82, 2.24) is 0 Å². The highest BCUT2D eigenvalue weighted by atomic mass is 15.2. The maximum absolute atomic E-state index is 6.04. The van der Waals surface area contributed by atoms with Crippen molar-refractivity contribution in [2.45, 2.75) is 77.6 Å². The molecule has 0 amide bonds. The van der Waals surface area contributed by atoms with E-state index in [0.717, 1.165) is 5.69 Å². The summed E-state index contributed by atoms with van der Waals surface area (Å²) in [5, 5.41) is 0. The van der Waals surface area contributed by atoms with Crippen LogP contribution in [0.15, 0.2) is 18.2 Å². The van der Waals surface area contributed by atoms with Crippen LogP contribution in [-0.4, -0.2) is 13.1 Å². The molecule has 0 saturated heterocycles. The lowest BCUT2D eigenvalue weighted by Gasteiger charge is -2.26. The Morgan fingerprint density at radius 1 is 1.05 bits per heavy atom. The van der Waals surface area contributed by atoms with Crippen LogP contribution in [0.3, 0.4) is 0 Å². The summed E-state index contributed by atoms with van der Waals surface area (Å²) < 4.78 is 0. The Kier molecular flexibility index (Phi) is 6.16. The third kappa shape index (κ3) is 3.97. The fraction of sp³-hybridized carbons (Fsp3) is 0.700. The molecule has 1 heterocycles. The van der Waals surface area contributed by atoms with Gasteiger partial charge in [-0.2, -0.15) is 0 Å². The smallest absolute Gasteiger partial charge is 0.0425 e. The maximum atomic E-state index is 6.04. The molecule has 2 heteroatoms. The third-order valence-electron chi connectivity index (χ3n) is 5.17. The van der Waals surface area contributed by atoms with Gasteiger partial charge in [-0.05, 0) is 30.5 Å². The second-order valence-electron chi connectivity index (χ2n) is 7.28. The molecule has 1 aliphatic rings. The lowest BCUT2D eigenvalue weighted by Crippen LogP contribution is -2.31. The number of anilines is 2. The molecule has 0 spiro atoms. The zero-order valence-corrected chi connectivity index (χ0v) is 14.8. The molecule has 0 bridgehead atoms. The number of hydrogen-bond acceptors (Lipinski definition) is 2. The molecule has 0 fully saturated rings. The zero-order chi connectivity index (χ0) is 16.0. The van der Waals surface area contributed by atoms with Crippen molar-refractivity contribution in [2.75, 3.05) is 23.7 Å². The van der Waals surface area contributed by atoms with Gasteiger partial charge in [-0.15, -0.1) is 0 Å². The first-order valence-electron chi connectivity index (χ1n) is 9.25. The lowest BCUT2D eigenvalue weighted by molar-refractivity contribution is 0.426. The highest BCUT2D eigenvalue weighted by molar-refractivity contribution is 5.67. The summed E-state index contributed by atoms with van der Waals surface area (Å²) in [6, 6.07) is 6.55. The molecule has 1 aromatic rings. The first kappa shape index (κ1) is 17.2. The quantitative estimate of drug-likeness (QED) is 0.481. The van der Waals surface area contributed by atoms with Crippen molar-refractivity contribution >= 4 is 11.4 Å². The zero-order valence-electron chi connectivity index (χ0n) is 14.8. The summed E-state index contributed by atoms with van der Waals surface area (Å²) in [5.74, 6) is 0. The molecule has 124 valence electrons. The minimum atomic E-state index is 0.309. The summed E-state index contributed by atoms with van der Waals surface area (Å²) in [7, 11) is 0. The van der Waals surface area contributed by atoms with Gasteiger partial charge in [-0.25, -0.2) is 0 Å². The van der Waals surface area contributed by atoms with Gasteiger partial charge in [0, 0.05) is 29.9 Å². The van der Waals surface area contributed by atoms with Crippen LogP contribution in [0, 0.1) is 0 Å². The molecular weight excluding hydrogens is 268 g/mol. The molecule has 1 aliphatic heterocycles. The van der Waals surface area contributed by atoms with Gasteiger partial charge >= 0.3 is 0 Å². The van der Waals surface area contributed by atoms with E-state index < -0.39 is 0 Å². The largest absolute Gasteiger partial charge is 0.399 e. The van der Waals surface area contributed by atoms with Crippen LogP contribution in [0.5, 0.6) is 0 Å². The second-order valence-corrected chi connectivity index (χ2v) is 7.28. The van der Waals surface area contributed by atoms with Gasteiger partial charge in [0.25, 0.3) is 0 Å². The van der Waals surface area contributed by atoms with Crippen LogP contribution in [0.1, 0.15) is 77.7 Å². The van der Waals surface area contributed by atoms with E-state index in [1.54, 1.807) is 0 Å². The van der Waals surface area contributed by atoms with Crippen LogP contribution in [0.2, 0.25) is 0 Å². The Morgan fingerprint density at radius 2 is 1.77 bits per heavy atom. The summed E-state index contributed by atoms with van der Waals surface area (Å²) >= 11 is 0. The fourth-order valence-electron chi connectivity index (χ4n) is 3.79. The number of rotatable bonds is 9. The Balaban J connectivity index is 2.06. The molecule has 2 rings (SSSR count). The topological polar surface area (TPSA) is 29.3 Å². The van der Waals surface area contributed by atoms with E-state index in [4.69, 9.17) is 5.73 Å². The minimum absolute atomic E-state index is 0.309. The Labute approximate surface area is 137 Å². The second kappa shape index (κ2) is 7.89. The Bertz CT molecular complexity index is 469. The molecule has 1 aromatic carbocycles. The summed E-state index contributed by atoms with van der Waals surface area (Å²) in [5.41, 5.74) is 10.2. The molecule has 1 atom stereocenters. The molecule has 22 heavy (non-hydrogen) atoms. The van der Waals surface area contributed by atoms with Crippen molar-refractivity contribution in [3.63, 3.8) is 0 Å². The van der Waals surface area contributed by atoms with Gasteiger partial charge in [0.15, 0.2) is 0 Å². The highest BCUT2D eigenvalue weighted by Gasteiger charge is 2.37. The number of hydrogen-bond donors (Lipinski definition) is 1. The number of nitrogens with zero attached hydrogens (tertiary/aromatic N) is 1. The number of benzene rings is 1. The molecule has 2 nitrogen and oxygen atoms in total. The lowest BCUT2D eigenvalue weighted by atomic mass is 9.79. The summed E-state index contributed by atoms with van der Waals surface area (Å²) in [4.78, 5) is 2.57. The van der Waals surface area contributed by atoms with Gasteiger partial charge in [0.2, 0.25) is 0 Å². The van der Waals surface area contributed by atoms with Crippen LogP contribution in [0.25, 0.3) is 0 Å². The summed E-state index contributed by atoms with van der Waals surface area (Å²) in [6.07, 6.45) is 10.6. The first-order valence-corrected chi connectivity index (χ1v) is 9.25. The van der Waals surface area contributed by atoms with Crippen LogP contribution in [0.4, 0.5) is 11.4 Å². The fourth-order valence-corrected chi connectivity index (χ4v) is 3.79. The Morgan fingerprint density at radius 3 is 2.50 bits per heavy atom. The maximum Gasteiger partial charge on any atom is 0.0425 e. The average molecular weight is 303 g/mol. The van der Waals surface area contributed by atoms with E-state index in [0.29, 0.717) is 5.41 Å². The van der Waals surface area contributed by atoms with Gasteiger partial charge in [0.1, 0.15) is 0 Å². The minimum Gasteiger partial charge on any atom is -0.399 e. The normalized spacial score (nSPS) is 20.4. The van der Waals surface area contributed by atoms with Gasteiger partial charge in [-0.3, -0.25) is 0 Å². The van der Waals surface area contributed by atoms with Gasteiger partial charge in [-0.1, -0.05) is 65.4 Å². The number of unbranched alkanes of at least 4 members (excludes halogenated alkanes) is 5.